The smallest absolute Gasteiger partial charge is 0.207 e. The minimum atomic E-state index is -3.63. The highest BCUT2D eigenvalue weighted by atomic mass is 32.2. The number of nitrogens with zero attached hydrogens (tertiary/aromatic N) is 1. The van der Waals surface area contributed by atoms with Crippen LogP contribution in [-0.4, -0.2) is 56.0 Å². The number of piperidine rings is 1. The minimum absolute atomic E-state index is 0.0000321. The van der Waals surface area contributed by atoms with Gasteiger partial charge in [0.1, 0.15) is 0 Å². The summed E-state index contributed by atoms with van der Waals surface area (Å²) < 4.78 is 31.0. The molecule has 2 aromatic carbocycles. The normalized spacial score (nSPS) is 26.6. The van der Waals surface area contributed by atoms with Gasteiger partial charge in [-0.2, -0.15) is 4.31 Å². The molecule has 2 atom stereocenters. The SMILES string of the molecule is Cc1ccc(S(=O)(=O)N2[C@@H](Cc3ccccc3)CC3(C[C@@H]2CC2(C)SCCCS2)SCCCS3)cc1. The zero-order valence-electron chi connectivity index (χ0n) is 21.2. The molecule has 0 aromatic heterocycles. The molecule has 0 N–H and O–H groups in total. The Morgan fingerprint density at radius 3 is 2.06 bits per heavy atom. The van der Waals surface area contributed by atoms with Crippen molar-refractivity contribution in [3.63, 3.8) is 0 Å². The van der Waals surface area contributed by atoms with Crippen molar-refractivity contribution < 1.29 is 8.42 Å². The predicted octanol–water partition coefficient (Wildman–Crippen LogP) is 7.30. The van der Waals surface area contributed by atoms with Gasteiger partial charge in [-0.1, -0.05) is 48.0 Å². The summed E-state index contributed by atoms with van der Waals surface area (Å²) in [7, 11) is -3.63. The molecule has 0 unspecified atom stereocenters. The molecular formula is C28H37NO2S5. The Kier molecular flexibility index (Phi) is 8.70. The Morgan fingerprint density at radius 2 is 1.42 bits per heavy atom. The largest absolute Gasteiger partial charge is 0.243 e. The molecule has 3 aliphatic heterocycles. The Balaban J connectivity index is 1.57. The summed E-state index contributed by atoms with van der Waals surface area (Å²) in [5.74, 6) is 4.71. The van der Waals surface area contributed by atoms with E-state index in [2.05, 4.69) is 54.7 Å². The van der Waals surface area contributed by atoms with Crippen LogP contribution in [-0.2, 0) is 16.4 Å². The summed E-state index contributed by atoms with van der Waals surface area (Å²) in [6.07, 6.45) is 6.02. The Labute approximate surface area is 234 Å². The number of hydrogen-bond donors (Lipinski definition) is 0. The maximum Gasteiger partial charge on any atom is 0.243 e. The number of rotatable bonds is 6. The van der Waals surface area contributed by atoms with Crippen LogP contribution in [0.25, 0.3) is 0 Å². The highest BCUT2D eigenvalue weighted by Gasteiger charge is 2.52. The zero-order chi connectivity index (χ0) is 25.2. The first kappa shape index (κ1) is 27.3. The van der Waals surface area contributed by atoms with E-state index in [0.29, 0.717) is 4.90 Å². The van der Waals surface area contributed by atoms with E-state index in [0.717, 1.165) is 31.2 Å². The van der Waals surface area contributed by atoms with Gasteiger partial charge in [-0.25, -0.2) is 8.42 Å². The molecule has 0 aliphatic carbocycles. The molecule has 3 fully saturated rings. The molecule has 2 aromatic rings. The Morgan fingerprint density at radius 1 is 0.833 bits per heavy atom. The first-order chi connectivity index (χ1) is 17.3. The standard InChI is InChI=1S/C28H37NO2S5/c1-22-10-12-26(13-11-22)36(30,31)29-24(18-23-8-4-3-5-9-23)20-28(34-16-7-17-35-28)21-25(29)19-27(2)32-14-6-15-33-27/h3-5,8-13,24-25H,6-7,14-21H2,1-2H3/t24-,25-/m0/s1. The Bertz CT molecular complexity index is 1110. The fourth-order valence-corrected chi connectivity index (χ4v) is 14.3. The summed E-state index contributed by atoms with van der Waals surface area (Å²) >= 11 is 8.28. The van der Waals surface area contributed by atoms with Crippen LogP contribution in [0.2, 0.25) is 0 Å². The van der Waals surface area contributed by atoms with Crippen molar-refractivity contribution in [2.24, 2.45) is 0 Å². The van der Waals surface area contributed by atoms with Gasteiger partial charge in [0.05, 0.1) is 13.1 Å². The van der Waals surface area contributed by atoms with Crippen molar-refractivity contribution in [2.45, 2.75) is 77.5 Å². The molecule has 0 radical (unpaired) electrons. The number of aryl methyl sites for hydroxylation is 1. The van der Waals surface area contributed by atoms with Crippen molar-refractivity contribution in [3.05, 3.63) is 65.7 Å². The van der Waals surface area contributed by atoms with E-state index < -0.39 is 10.0 Å². The molecule has 3 nitrogen and oxygen atoms in total. The van der Waals surface area contributed by atoms with E-state index in [4.69, 9.17) is 0 Å². The Hall–Kier alpha value is -0.250. The molecule has 196 valence electrons. The third kappa shape index (κ3) is 6.15. The molecule has 0 saturated carbocycles. The van der Waals surface area contributed by atoms with E-state index in [9.17, 15) is 8.42 Å². The van der Waals surface area contributed by atoms with E-state index in [1.807, 2.05) is 65.1 Å². The van der Waals surface area contributed by atoms with Crippen LogP contribution in [0.1, 0.15) is 50.2 Å². The van der Waals surface area contributed by atoms with E-state index >= 15 is 0 Å². The van der Waals surface area contributed by atoms with Gasteiger partial charge in [0, 0.05) is 12.1 Å². The van der Waals surface area contributed by atoms with Crippen molar-refractivity contribution in [1.29, 1.82) is 0 Å². The lowest BCUT2D eigenvalue weighted by atomic mass is 9.90. The van der Waals surface area contributed by atoms with Gasteiger partial charge in [-0.15, -0.1) is 47.0 Å². The molecule has 1 spiro atoms. The first-order valence-electron chi connectivity index (χ1n) is 13.0. The monoisotopic (exact) mass is 579 g/mol. The maximum absolute atomic E-state index is 14.4. The number of thioether (sulfide) groups is 4. The maximum atomic E-state index is 14.4. The third-order valence-electron chi connectivity index (χ3n) is 7.45. The van der Waals surface area contributed by atoms with Gasteiger partial charge in [0.15, 0.2) is 0 Å². The van der Waals surface area contributed by atoms with Gasteiger partial charge in [0.25, 0.3) is 0 Å². The fourth-order valence-electron chi connectivity index (χ4n) is 5.79. The molecule has 0 bridgehead atoms. The van der Waals surface area contributed by atoms with Crippen LogP contribution in [0.5, 0.6) is 0 Å². The second kappa shape index (κ2) is 11.5. The van der Waals surface area contributed by atoms with E-state index in [-0.39, 0.29) is 20.2 Å². The van der Waals surface area contributed by atoms with Crippen LogP contribution >= 0.6 is 47.0 Å². The second-order valence-corrected chi connectivity index (χ2v) is 18.9. The lowest BCUT2D eigenvalue weighted by molar-refractivity contribution is 0.165. The molecule has 3 heterocycles. The molecule has 3 saturated heterocycles. The average Bonchev–Trinajstić information content (AvgIpc) is 2.85. The minimum Gasteiger partial charge on any atom is -0.207 e. The third-order valence-corrected chi connectivity index (χ3v) is 16.1. The average molecular weight is 580 g/mol. The predicted molar refractivity (Wildman–Crippen MR) is 162 cm³/mol. The number of benzene rings is 2. The van der Waals surface area contributed by atoms with Crippen LogP contribution in [0.3, 0.4) is 0 Å². The van der Waals surface area contributed by atoms with Crippen LogP contribution in [0.4, 0.5) is 0 Å². The van der Waals surface area contributed by atoms with Crippen LogP contribution in [0, 0.1) is 6.92 Å². The van der Waals surface area contributed by atoms with Gasteiger partial charge in [-0.3, -0.25) is 0 Å². The topological polar surface area (TPSA) is 37.4 Å². The summed E-state index contributed by atoms with van der Waals surface area (Å²) in [6, 6.07) is 17.9. The summed E-state index contributed by atoms with van der Waals surface area (Å²) in [6.45, 7) is 4.37. The van der Waals surface area contributed by atoms with Gasteiger partial charge in [-0.05, 0) is 93.1 Å². The molecule has 36 heavy (non-hydrogen) atoms. The molecule has 0 amide bonds. The van der Waals surface area contributed by atoms with Crippen molar-refractivity contribution in [1.82, 2.24) is 4.31 Å². The quantitative estimate of drug-likeness (QED) is 0.357. The van der Waals surface area contributed by atoms with Crippen LogP contribution in [0.15, 0.2) is 59.5 Å². The molecular weight excluding hydrogens is 543 g/mol. The highest BCUT2D eigenvalue weighted by molar-refractivity contribution is 8.19. The van der Waals surface area contributed by atoms with Gasteiger partial charge < -0.3 is 0 Å². The molecule has 3 aliphatic rings. The van der Waals surface area contributed by atoms with E-state index in [1.165, 1.54) is 41.4 Å². The lowest BCUT2D eigenvalue weighted by Crippen LogP contribution is -2.58. The summed E-state index contributed by atoms with van der Waals surface area (Å²) in [4.78, 5) is 0.435. The van der Waals surface area contributed by atoms with E-state index in [1.54, 1.807) is 0 Å². The van der Waals surface area contributed by atoms with Crippen molar-refractivity contribution in [2.75, 3.05) is 23.0 Å². The van der Waals surface area contributed by atoms with Crippen molar-refractivity contribution >= 4 is 57.1 Å². The lowest BCUT2D eigenvalue weighted by Gasteiger charge is -2.52. The van der Waals surface area contributed by atoms with Gasteiger partial charge >= 0.3 is 0 Å². The number of sulfonamides is 1. The van der Waals surface area contributed by atoms with Crippen LogP contribution < -0.4 is 0 Å². The second-order valence-electron chi connectivity index (χ2n) is 10.4. The first-order valence-corrected chi connectivity index (χ1v) is 18.4. The van der Waals surface area contributed by atoms with Gasteiger partial charge in [0.2, 0.25) is 10.0 Å². The zero-order valence-corrected chi connectivity index (χ0v) is 25.3. The van der Waals surface area contributed by atoms with Crippen molar-refractivity contribution in [3.8, 4) is 0 Å². The highest BCUT2D eigenvalue weighted by Crippen LogP contribution is 2.56. The summed E-state index contributed by atoms with van der Waals surface area (Å²) in [5, 5.41) is 0. The summed E-state index contributed by atoms with van der Waals surface area (Å²) in [5.41, 5.74) is 2.31. The fraction of sp³-hybridized carbons (Fsp3) is 0.571. The number of hydrogen-bond acceptors (Lipinski definition) is 6. The molecule has 8 heteroatoms. The molecule has 5 rings (SSSR count).